The monoisotopic (exact) mass is 333 g/mol. The lowest BCUT2D eigenvalue weighted by molar-refractivity contribution is -0.145. The number of hydrogen-bond acceptors (Lipinski definition) is 4. The van der Waals surface area contributed by atoms with Gasteiger partial charge >= 0.3 is 11.9 Å². The molecule has 1 atom stereocenters. The summed E-state index contributed by atoms with van der Waals surface area (Å²) in [7, 11) is -4.09. The smallest absolute Gasteiger partial charge is 0.322 e. The van der Waals surface area contributed by atoms with Gasteiger partial charge in [0, 0.05) is 10.4 Å². The molecule has 21 heavy (non-hydrogen) atoms. The van der Waals surface area contributed by atoms with Gasteiger partial charge in [-0.1, -0.05) is 23.7 Å². The third-order valence-electron chi connectivity index (χ3n) is 2.29. The number of hydrogen-bond donors (Lipinski definition) is 3. The molecular weight excluding hydrogens is 322 g/mol. The second kappa shape index (κ2) is 7.21. The van der Waals surface area contributed by atoms with E-state index in [1.54, 1.807) is 29.0 Å². The van der Waals surface area contributed by atoms with Crippen LogP contribution in [0.5, 0.6) is 0 Å². The zero-order chi connectivity index (χ0) is 16.0. The SMILES string of the molecule is O=C(O)CC(NS(=O)(=O)/C=C/c1ccc(Cl)cc1)C(=O)O. The topological polar surface area (TPSA) is 121 Å². The van der Waals surface area contributed by atoms with E-state index in [4.69, 9.17) is 21.8 Å². The van der Waals surface area contributed by atoms with Crippen LogP contribution in [-0.4, -0.2) is 36.6 Å². The molecule has 0 radical (unpaired) electrons. The number of nitrogens with one attached hydrogen (secondary N) is 1. The number of rotatable bonds is 7. The summed E-state index contributed by atoms with van der Waals surface area (Å²) in [4.78, 5) is 21.3. The molecule has 1 rings (SSSR count). The third kappa shape index (κ3) is 6.39. The largest absolute Gasteiger partial charge is 0.481 e. The van der Waals surface area contributed by atoms with Crippen molar-refractivity contribution >= 4 is 39.6 Å². The summed E-state index contributed by atoms with van der Waals surface area (Å²) < 4.78 is 25.2. The molecular formula is C12H12ClNO6S. The van der Waals surface area contributed by atoms with Crippen LogP contribution >= 0.6 is 11.6 Å². The summed E-state index contributed by atoms with van der Waals surface area (Å²) in [6.07, 6.45) is 0.377. The van der Waals surface area contributed by atoms with E-state index in [1.807, 2.05) is 0 Å². The quantitative estimate of drug-likeness (QED) is 0.688. The highest BCUT2D eigenvalue weighted by atomic mass is 35.5. The Morgan fingerprint density at radius 3 is 2.29 bits per heavy atom. The molecule has 1 aromatic carbocycles. The molecule has 0 aliphatic rings. The highest BCUT2D eigenvalue weighted by Gasteiger charge is 2.25. The summed E-state index contributed by atoms with van der Waals surface area (Å²) in [6.45, 7) is 0. The van der Waals surface area contributed by atoms with Crippen molar-refractivity contribution in [1.29, 1.82) is 0 Å². The van der Waals surface area contributed by atoms with Gasteiger partial charge in [0.05, 0.1) is 6.42 Å². The zero-order valence-electron chi connectivity index (χ0n) is 10.6. The molecule has 1 unspecified atom stereocenters. The fourth-order valence-corrected chi connectivity index (χ4v) is 2.46. The normalized spacial score (nSPS) is 13.2. The van der Waals surface area contributed by atoms with Crippen molar-refractivity contribution in [2.45, 2.75) is 12.5 Å². The van der Waals surface area contributed by atoms with E-state index in [2.05, 4.69) is 0 Å². The van der Waals surface area contributed by atoms with Gasteiger partial charge in [-0.3, -0.25) is 9.59 Å². The maximum atomic E-state index is 11.7. The molecule has 0 aliphatic carbocycles. The molecule has 3 N–H and O–H groups in total. The molecule has 0 fully saturated rings. The minimum Gasteiger partial charge on any atom is -0.481 e. The summed E-state index contributed by atoms with van der Waals surface area (Å²) in [5.74, 6) is -2.99. The van der Waals surface area contributed by atoms with E-state index in [0.29, 0.717) is 10.6 Å². The molecule has 0 bridgehead atoms. The Kier molecular flexibility index (Phi) is 5.89. The minimum atomic E-state index is -4.09. The Morgan fingerprint density at radius 2 is 1.81 bits per heavy atom. The average Bonchev–Trinajstić information content (AvgIpc) is 2.36. The Bertz CT molecular complexity index is 653. The third-order valence-corrected chi connectivity index (χ3v) is 3.65. The Morgan fingerprint density at radius 1 is 1.24 bits per heavy atom. The first kappa shape index (κ1) is 17.2. The van der Waals surface area contributed by atoms with Crippen LogP contribution < -0.4 is 4.72 Å². The van der Waals surface area contributed by atoms with Gasteiger partial charge in [0.1, 0.15) is 6.04 Å². The van der Waals surface area contributed by atoms with Gasteiger partial charge in [-0.2, -0.15) is 4.72 Å². The maximum Gasteiger partial charge on any atom is 0.322 e. The average molecular weight is 334 g/mol. The summed E-state index contributed by atoms with van der Waals surface area (Å²) >= 11 is 5.68. The highest BCUT2D eigenvalue weighted by Crippen LogP contribution is 2.11. The number of aliphatic carboxylic acids is 2. The predicted octanol–water partition coefficient (Wildman–Crippen LogP) is 1.16. The van der Waals surface area contributed by atoms with Crippen LogP contribution in [0.3, 0.4) is 0 Å². The molecule has 1 aromatic rings. The first-order chi connectivity index (χ1) is 9.69. The molecule has 0 aromatic heterocycles. The summed E-state index contributed by atoms with van der Waals surface area (Å²) in [6, 6.07) is 4.53. The van der Waals surface area contributed by atoms with Crippen LogP contribution in [-0.2, 0) is 19.6 Å². The number of carboxylic acids is 2. The van der Waals surface area contributed by atoms with E-state index < -0.39 is 34.4 Å². The van der Waals surface area contributed by atoms with Gasteiger partial charge in [0.15, 0.2) is 0 Å². The highest BCUT2D eigenvalue weighted by molar-refractivity contribution is 7.92. The lowest BCUT2D eigenvalue weighted by atomic mass is 10.2. The van der Waals surface area contributed by atoms with Gasteiger partial charge in [0.2, 0.25) is 10.0 Å². The lowest BCUT2D eigenvalue weighted by Gasteiger charge is -2.10. The Hall–Kier alpha value is -1.90. The Labute approximate surface area is 125 Å². The zero-order valence-corrected chi connectivity index (χ0v) is 12.1. The molecule has 0 saturated carbocycles. The minimum absolute atomic E-state index is 0.487. The van der Waals surface area contributed by atoms with Crippen molar-refractivity contribution in [2.24, 2.45) is 0 Å². The van der Waals surface area contributed by atoms with Crippen molar-refractivity contribution in [2.75, 3.05) is 0 Å². The summed E-state index contributed by atoms with van der Waals surface area (Å²) in [5.41, 5.74) is 0.537. The van der Waals surface area contributed by atoms with Crippen LogP contribution in [0.2, 0.25) is 5.02 Å². The number of carboxylic acid groups (broad SMARTS) is 2. The van der Waals surface area contributed by atoms with Crippen molar-refractivity contribution < 1.29 is 28.2 Å². The molecule has 0 spiro atoms. The molecule has 114 valence electrons. The van der Waals surface area contributed by atoms with E-state index >= 15 is 0 Å². The van der Waals surface area contributed by atoms with E-state index in [0.717, 1.165) is 5.41 Å². The van der Waals surface area contributed by atoms with Gasteiger partial charge in [-0.05, 0) is 23.8 Å². The molecule has 0 aliphatic heterocycles. The van der Waals surface area contributed by atoms with Gasteiger partial charge in [-0.25, -0.2) is 8.42 Å². The van der Waals surface area contributed by atoms with Gasteiger partial charge < -0.3 is 10.2 Å². The summed E-state index contributed by atoms with van der Waals surface area (Å²) in [5, 5.41) is 18.6. The first-order valence-corrected chi connectivity index (χ1v) is 7.52. The van der Waals surface area contributed by atoms with Crippen molar-refractivity contribution in [1.82, 2.24) is 4.72 Å². The van der Waals surface area contributed by atoms with E-state index in [1.165, 1.54) is 6.08 Å². The first-order valence-electron chi connectivity index (χ1n) is 5.60. The molecule has 0 heterocycles. The molecule has 0 amide bonds. The Balaban J connectivity index is 2.82. The van der Waals surface area contributed by atoms with Crippen LogP contribution in [0.15, 0.2) is 29.7 Å². The van der Waals surface area contributed by atoms with Crippen molar-refractivity contribution in [3.05, 3.63) is 40.3 Å². The number of sulfonamides is 1. The van der Waals surface area contributed by atoms with Crippen LogP contribution in [0.4, 0.5) is 0 Å². The van der Waals surface area contributed by atoms with Crippen molar-refractivity contribution in [3.8, 4) is 0 Å². The van der Waals surface area contributed by atoms with Gasteiger partial charge in [0.25, 0.3) is 0 Å². The van der Waals surface area contributed by atoms with E-state index in [9.17, 15) is 18.0 Å². The standard InChI is InChI=1S/C12H12ClNO6S/c13-9-3-1-8(2-4-9)5-6-21(19,20)14-10(12(17)18)7-11(15)16/h1-6,10,14H,7H2,(H,15,16)(H,17,18)/b6-5+. The molecule has 7 nitrogen and oxygen atoms in total. The number of halogens is 1. The van der Waals surface area contributed by atoms with Crippen LogP contribution in [0.1, 0.15) is 12.0 Å². The maximum absolute atomic E-state index is 11.7. The molecule has 9 heteroatoms. The number of benzene rings is 1. The van der Waals surface area contributed by atoms with Crippen LogP contribution in [0, 0.1) is 0 Å². The van der Waals surface area contributed by atoms with Crippen LogP contribution in [0.25, 0.3) is 6.08 Å². The second-order valence-corrected chi connectivity index (χ2v) is 6.04. The molecule has 0 saturated heterocycles. The van der Waals surface area contributed by atoms with Gasteiger partial charge in [-0.15, -0.1) is 0 Å². The fraction of sp³-hybridized carbons (Fsp3) is 0.167. The van der Waals surface area contributed by atoms with E-state index in [-0.39, 0.29) is 0 Å². The lowest BCUT2D eigenvalue weighted by Crippen LogP contribution is -2.41. The fourth-order valence-electron chi connectivity index (χ4n) is 1.33. The predicted molar refractivity (Wildman–Crippen MR) is 76.2 cm³/mol. The second-order valence-electron chi connectivity index (χ2n) is 4.01. The number of carbonyl (C=O) groups is 2. The van der Waals surface area contributed by atoms with Crippen molar-refractivity contribution in [3.63, 3.8) is 0 Å².